The van der Waals surface area contributed by atoms with E-state index in [0.717, 1.165) is 45.8 Å². The van der Waals surface area contributed by atoms with Crippen molar-refractivity contribution in [1.82, 2.24) is 0 Å². The van der Waals surface area contributed by atoms with Crippen LogP contribution in [0.25, 0.3) is 0 Å². The first-order chi connectivity index (χ1) is 15.2. The number of rotatable bonds is 6. The minimum absolute atomic E-state index is 0.376. The van der Waals surface area contributed by atoms with Gasteiger partial charge < -0.3 is 4.74 Å². The first-order valence-electron chi connectivity index (χ1n) is 13.9. The molecule has 0 heterocycles. The SMILES string of the molecule is CSC(=S)O[C@H]1CC[C@@]2(C)C(CC[C@H]3[C@@H]4CC[C@H]([C@H](C)CCCC(C)C)[C@@]4(C)CC[C@@H]32)C1. The minimum Gasteiger partial charge on any atom is -0.475 e. The molecule has 0 aromatic carbocycles. The van der Waals surface area contributed by atoms with Gasteiger partial charge in [-0.05, 0) is 129 Å². The topological polar surface area (TPSA) is 9.23 Å². The molecule has 9 atom stereocenters. The van der Waals surface area contributed by atoms with Crippen LogP contribution in [0, 0.1) is 52.3 Å². The van der Waals surface area contributed by atoms with Crippen LogP contribution in [-0.4, -0.2) is 16.7 Å². The maximum absolute atomic E-state index is 6.14. The van der Waals surface area contributed by atoms with E-state index in [0.29, 0.717) is 16.9 Å². The van der Waals surface area contributed by atoms with Gasteiger partial charge in [0.2, 0.25) is 4.38 Å². The van der Waals surface area contributed by atoms with Gasteiger partial charge in [0.1, 0.15) is 6.10 Å². The summed E-state index contributed by atoms with van der Waals surface area (Å²) in [6.45, 7) is 12.8. The lowest BCUT2D eigenvalue weighted by molar-refractivity contribution is -0.127. The molecule has 0 aromatic rings. The molecule has 1 nitrogen and oxygen atoms in total. The Balaban J connectivity index is 1.42. The van der Waals surface area contributed by atoms with E-state index >= 15 is 0 Å². The van der Waals surface area contributed by atoms with Gasteiger partial charge in [0.05, 0.1) is 0 Å². The number of hydrogen-bond acceptors (Lipinski definition) is 3. The van der Waals surface area contributed by atoms with Crippen molar-refractivity contribution in [1.29, 1.82) is 0 Å². The maximum atomic E-state index is 6.14. The van der Waals surface area contributed by atoms with Gasteiger partial charge in [-0.2, -0.15) is 0 Å². The summed E-state index contributed by atoms with van der Waals surface area (Å²) >= 11 is 6.97. The Bertz CT molecular complexity index is 662. The molecule has 3 heteroatoms. The Morgan fingerprint density at radius 1 is 0.938 bits per heavy atom. The third-order valence-corrected chi connectivity index (χ3v) is 12.3. The molecule has 0 aromatic heterocycles. The molecule has 0 saturated heterocycles. The van der Waals surface area contributed by atoms with E-state index in [-0.39, 0.29) is 0 Å². The van der Waals surface area contributed by atoms with Crippen molar-refractivity contribution >= 4 is 28.4 Å². The van der Waals surface area contributed by atoms with Crippen LogP contribution in [-0.2, 0) is 4.74 Å². The third-order valence-electron chi connectivity index (χ3n) is 11.2. The molecule has 4 aliphatic carbocycles. The van der Waals surface area contributed by atoms with Crippen LogP contribution in [0.4, 0.5) is 0 Å². The second-order valence-electron chi connectivity index (χ2n) is 13.2. The maximum Gasteiger partial charge on any atom is 0.219 e. The van der Waals surface area contributed by atoms with Crippen LogP contribution in [0.5, 0.6) is 0 Å². The third kappa shape index (κ3) is 4.69. The Hall–Kier alpha value is 0.240. The van der Waals surface area contributed by atoms with E-state index < -0.39 is 0 Å². The van der Waals surface area contributed by atoms with E-state index in [1.54, 1.807) is 11.8 Å². The second kappa shape index (κ2) is 10.1. The number of thiocarbonyl (C=S) groups is 1. The molecular formula is C29H50OS2. The van der Waals surface area contributed by atoms with Gasteiger partial charge >= 0.3 is 0 Å². The average molecular weight is 479 g/mol. The first-order valence-corrected chi connectivity index (χ1v) is 15.6. The van der Waals surface area contributed by atoms with Crippen molar-refractivity contribution in [3.63, 3.8) is 0 Å². The molecule has 0 bridgehead atoms. The van der Waals surface area contributed by atoms with Gasteiger partial charge in [-0.15, -0.1) is 0 Å². The summed E-state index contributed by atoms with van der Waals surface area (Å²) in [5.41, 5.74) is 1.17. The predicted octanol–water partition coefficient (Wildman–Crippen LogP) is 9.14. The Morgan fingerprint density at radius 2 is 1.66 bits per heavy atom. The average Bonchev–Trinajstić information content (AvgIpc) is 3.11. The smallest absolute Gasteiger partial charge is 0.219 e. The van der Waals surface area contributed by atoms with Gasteiger partial charge in [0.15, 0.2) is 0 Å². The van der Waals surface area contributed by atoms with Gasteiger partial charge in [-0.3, -0.25) is 0 Å². The van der Waals surface area contributed by atoms with Crippen molar-refractivity contribution < 1.29 is 4.74 Å². The molecule has 4 fully saturated rings. The zero-order valence-corrected chi connectivity index (χ0v) is 23.5. The lowest BCUT2D eigenvalue weighted by Gasteiger charge is -2.61. The van der Waals surface area contributed by atoms with E-state index in [9.17, 15) is 0 Å². The molecular weight excluding hydrogens is 428 g/mol. The van der Waals surface area contributed by atoms with Crippen LogP contribution >= 0.6 is 24.0 Å². The van der Waals surface area contributed by atoms with Crippen molar-refractivity contribution in [2.45, 2.75) is 118 Å². The number of ether oxygens (including phenoxy) is 1. The Labute approximate surface area is 209 Å². The highest BCUT2D eigenvalue weighted by Gasteiger charge is 2.60. The lowest BCUT2D eigenvalue weighted by atomic mass is 9.44. The summed E-state index contributed by atoms with van der Waals surface area (Å²) in [4.78, 5) is 0. The number of thioether (sulfide) groups is 1. The Morgan fingerprint density at radius 3 is 2.38 bits per heavy atom. The monoisotopic (exact) mass is 478 g/mol. The minimum atomic E-state index is 0.376. The van der Waals surface area contributed by atoms with Crippen molar-refractivity contribution in [3.05, 3.63) is 0 Å². The van der Waals surface area contributed by atoms with Crippen LogP contribution in [0.2, 0.25) is 0 Å². The summed E-state index contributed by atoms with van der Waals surface area (Å²) in [6.07, 6.45) is 19.5. The summed E-state index contributed by atoms with van der Waals surface area (Å²) in [5, 5.41) is 0. The number of fused-ring (bicyclic) bond motifs is 5. The van der Waals surface area contributed by atoms with Gasteiger partial charge in [0, 0.05) is 0 Å². The molecule has 0 amide bonds. The lowest BCUT2D eigenvalue weighted by Crippen LogP contribution is -2.54. The molecule has 1 unspecified atom stereocenters. The van der Waals surface area contributed by atoms with Crippen LogP contribution in [0.3, 0.4) is 0 Å². The Kier molecular flexibility index (Phi) is 7.98. The highest BCUT2D eigenvalue weighted by Crippen LogP contribution is 2.68. The van der Waals surface area contributed by atoms with E-state index in [4.69, 9.17) is 17.0 Å². The molecule has 32 heavy (non-hydrogen) atoms. The highest BCUT2D eigenvalue weighted by atomic mass is 32.2. The molecule has 4 saturated carbocycles. The summed E-state index contributed by atoms with van der Waals surface area (Å²) in [7, 11) is 0. The molecule has 0 spiro atoms. The molecule has 0 N–H and O–H groups in total. The summed E-state index contributed by atoms with van der Waals surface area (Å²) in [6, 6.07) is 0. The van der Waals surface area contributed by atoms with Crippen LogP contribution < -0.4 is 0 Å². The zero-order valence-electron chi connectivity index (χ0n) is 21.8. The normalized spacial score (nSPS) is 44.5. The number of hydrogen-bond donors (Lipinski definition) is 0. The van der Waals surface area contributed by atoms with Crippen molar-refractivity contribution in [2.75, 3.05) is 6.26 Å². The molecule has 0 aliphatic heterocycles. The van der Waals surface area contributed by atoms with Crippen LogP contribution in [0.15, 0.2) is 0 Å². The quantitative estimate of drug-likeness (QED) is 0.352. The van der Waals surface area contributed by atoms with E-state index in [1.165, 1.54) is 77.0 Å². The van der Waals surface area contributed by atoms with E-state index in [2.05, 4.69) is 34.6 Å². The fourth-order valence-corrected chi connectivity index (χ4v) is 9.90. The molecule has 4 aliphatic rings. The van der Waals surface area contributed by atoms with E-state index in [1.807, 2.05) is 6.26 Å². The summed E-state index contributed by atoms with van der Waals surface area (Å²) < 4.78 is 6.89. The largest absolute Gasteiger partial charge is 0.475 e. The van der Waals surface area contributed by atoms with Gasteiger partial charge in [0.25, 0.3) is 0 Å². The predicted molar refractivity (Wildman–Crippen MR) is 144 cm³/mol. The fraction of sp³-hybridized carbons (Fsp3) is 0.966. The summed E-state index contributed by atoms with van der Waals surface area (Å²) in [5.74, 6) is 6.55. The van der Waals surface area contributed by atoms with Crippen molar-refractivity contribution in [2.24, 2.45) is 52.3 Å². The van der Waals surface area contributed by atoms with Gasteiger partial charge in [-0.25, -0.2) is 0 Å². The van der Waals surface area contributed by atoms with Crippen molar-refractivity contribution in [3.8, 4) is 0 Å². The molecule has 184 valence electrons. The van der Waals surface area contributed by atoms with Crippen LogP contribution in [0.1, 0.15) is 112 Å². The molecule has 4 rings (SSSR count). The highest BCUT2D eigenvalue weighted by molar-refractivity contribution is 8.22. The fourth-order valence-electron chi connectivity index (χ4n) is 9.53. The first kappa shape index (κ1) is 25.3. The van der Waals surface area contributed by atoms with Gasteiger partial charge in [-0.1, -0.05) is 65.6 Å². The molecule has 0 radical (unpaired) electrons. The second-order valence-corrected chi connectivity index (χ2v) is 14.6. The standard InChI is InChI=1S/C29H50OS2/c1-19(2)8-7-9-20(3)24-12-13-25-23-11-10-21-18-22(30-27(31)32-6)14-16-28(21,4)26(23)15-17-29(24,25)5/h19-26H,7-18H2,1-6H3/t20-,21?,22+,23+,24-,25+,26+,28+,29-/m1/s1. The zero-order chi connectivity index (χ0) is 23.1.